The van der Waals surface area contributed by atoms with Gasteiger partial charge in [0.05, 0.1) is 13.2 Å². The number of nitrogens with two attached hydrogens (primary N) is 1. The highest BCUT2D eigenvalue weighted by Crippen LogP contribution is 2.18. The SMILES string of the molecule is CNNC(=O)C(N)Cc1ccc(OC)c(F)c1. The maximum Gasteiger partial charge on any atom is 0.251 e. The summed E-state index contributed by atoms with van der Waals surface area (Å²) in [5.74, 6) is -0.642. The van der Waals surface area contributed by atoms with Crippen LogP contribution in [0, 0.1) is 5.82 Å². The van der Waals surface area contributed by atoms with E-state index in [1.807, 2.05) is 0 Å². The second-order valence-corrected chi connectivity index (χ2v) is 3.52. The summed E-state index contributed by atoms with van der Waals surface area (Å²) in [6.07, 6.45) is 0.258. The molecule has 0 aliphatic carbocycles. The fourth-order valence-corrected chi connectivity index (χ4v) is 1.40. The number of methoxy groups -OCH3 is 1. The Kier molecular flexibility index (Phi) is 4.86. The van der Waals surface area contributed by atoms with E-state index in [0.29, 0.717) is 5.56 Å². The molecule has 1 atom stereocenters. The molecule has 0 aliphatic heterocycles. The van der Waals surface area contributed by atoms with Gasteiger partial charge in [0.15, 0.2) is 11.6 Å². The van der Waals surface area contributed by atoms with Crippen molar-refractivity contribution in [2.24, 2.45) is 5.73 Å². The average molecular weight is 241 g/mol. The Balaban J connectivity index is 2.68. The number of halogens is 1. The largest absolute Gasteiger partial charge is 0.494 e. The summed E-state index contributed by atoms with van der Waals surface area (Å²) < 4.78 is 18.2. The van der Waals surface area contributed by atoms with Gasteiger partial charge in [0.25, 0.3) is 5.91 Å². The summed E-state index contributed by atoms with van der Waals surface area (Å²) in [6, 6.07) is 3.77. The zero-order valence-electron chi connectivity index (χ0n) is 9.79. The van der Waals surface area contributed by atoms with Crippen molar-refractivity contribution < 1.29 is 13.9 Å². The molecule has 0 aliphatic rings. The molecule has 0 radical (unpaired) electrons. The third-order valence-corrected chi connectivity index (χ3v) is 2.26. The molecule has 0 saturated heterocycles. The Labute approximate surface area is 99.1 Å². The van der Waals surface area contributed by atoms with Crippen molar-refractivity contribution >= 4 is 5.91 Å². The van der Waals surface area contributed by atoms with E-state index < -0.39 is 11.9 Å². The van der Waals surface area contributed by atoms with E-state index in [-0.39, 0.29) is 18.1 Å². The number of hydrazine groups is 1. The van der Waals surface area contributed by atoms with Crippen molar-refractivity contribution in [1.29, 1.82) is 0 Å². The van der Waals surface area contributed by atoms with Gasteiger partial charge in [-0.15, -0.1) is 0 Å². The molecule has 1 aromatic rings. The number of benzene rings is 1. The summed E-state index contributed by atoms with van der Waals surface area (Å²) in [7, 11) is 2.96. The first-order valence-corrected chi connectivity index (χ1v) is 5.13. The fraction of sp³-hybridized carbons (Fsp3) is 0.364. The van der Waals surface area contributed by atoms with Crippen LogP contribution in [0.5, 0.6) is 5.75 Å². The van der Waals surface area contributed by atoms with E-state index >= 15 is 0 Å². The zero-order chi connectivity index (χ0) is 12.8. The van der Waals surface area contributed by atoms with Crippen LogP contribution in [0.4, 0.5) is 4.39 Å². The van der Waals surface area contributed by atoms with Crippen molar-refractivity contribution in [1.82, 2.24) is 10.9 Å². The first-order chi connectivity index (χ1) is 8.08. The first kappa shape index (κ1) is 13.4. The zero-order valence-corrected chi connectivity index (χ0v) is 9.79. The number of hydrogen-bond acceptors (Lipinski definition) is 4. The standard InChI is InChI=1S/C11H16FN3O2/c1-14-15-11(16)9(13)6-7-3-4-10(17-2)8(12)5-7/h3-5,9,14H,6,13H2,1-2H3,(H,15,16). The Morgan fingerprint density at radius 3 is 2.82 bits per heavy atom. The van der Waals surface area contributed by atoms with Gasteiger partial charge in [-0.05, 0) is 24.1 Å². The van der Waals surface area contributed by atoms with E-state index in [2.05, 4.69) is 10.9 Å². The van der Waals surface area contributed by atoms with Crippen molar-refractivity contribution in [2.75, 3.05) is 14.2 Å². The fourth-order valence-electron chi connectivity index (χ4n) is 1.40. The number of nitrogens with one attached hydrogen (secondary N) is 2. The highest BCUT2D eigenvalue weighted by molar-refractivity contribution is 5.81. The molecule has 0 aromatic heterocycles. The van der Waals surface area contributed by atoms with E-state index in [0.717, 1.165) is 0 Å². The van der Waals surface area contributed by atoms with Gasteiger partial charge in [0.2, 0.25) is 0 Å². The van der Waals surface area contributed by atoms with Crippen LogP contribution in [0.3, 0.4) is 0 Å². The average Bonchev–Trinajstić information content (AvgIpc) is 2.29. The molecule has 0 spiro atoms. The predicted molar refractivity (Wildman–Crippen MR) is 61.8 cm³/mol. The maximum absolute atomic E-state index is 13.4. The highest BCUT2D eigenvalue weighted by atomic mass is 19.1. The van der Waals surface area contributed by atoms with Crippen LogP contribution in [-0.4, -0.2) is 26.1 Å². The molecule has 1 rings (SSSR count). The molecule has 5 nitrogen and oxygen atoms in total. The number of amides is 1. The monoisotopic (exact) mass is 241 g/mol. The molecule has 4 N–H and O–H groups in total. The Morgan fingerprint density at radius 2 is 2.29 bits per heavy atom. The van der Waals surface area contributed by atoms with Crippen molar-refractivity contribution in [3.05, 3.63) is 29.6 Å². The van der Waals surface area contributed by atoms with Gasteiger partial charge in [0.1, 0.15) is 0 Å². The van der Waals surface area contributed by atoms with Gasteiger partial charge in [0, 0.05) is 7.05 Å². The normalized spacial score (nSPS) is 12.0. The molecule has 0 fully saturated rings. The molecule has 0 bridgehead atoms. The van der Waals surface area contributed by atoms with Crippen molar-refractivity contribution in [3.63, 3.8) is 0 Å². The van der Waals surface area contributed by atoms with E-state index in [9.17, 15) is 9.18 Å². The molecular weight excluding hydrogens is 225 g/mol. The number of carbonyl (C=O) groups is 1. The van der Waals surface area contributed by atoms with Crippen LogP contribution in [-0.2, 0) is 11.2 Å². The second-order valence-electron chi connectivity index (χ2n) is 3.52. The smallest absolute Gasteiger partial charge is 0.251 e. The van der Waals surface area contributed by atoms with Gasteiger partial charge in [-0.1, -0.05) is 6.07 Å². The van der Waals surface area contributed by atoms with Gasteiger partial charge in [-0.25, -0.2) is 9.82 Å². The lowest BCUT2D eigenvalue weighted by Crippen LogP contribution is -2.46. The van der Waals surface area contributed by atoms with E-state index in [1.54, 1.807) is 13.1 Å². The number of rotatable bonds is 5. The maximum atomic E-state index is 13.4. The minimum absolute atomic E-state index is 0.169. The molecule has 1 unspecified atom stereocenters. The number of hydrogen-bond donors (Lipinski definition) is 3. The Hall–Kier alpha value is -1.66. The highest BCUT2D eigenvalue weighted by Gasteiger charge is 2.14. The summed E-state index contributed by atoms with van der Waals surface area (Å²) in [5, 5.41) is 0. The third-order valence-electron chi connectivity index (χ3n) is 2.26. The van der Waals surface area contributed by atoms with Crippen LogP contribution >= 0.6 is 0 Å². The van der Waals surface area contributed by atoms with Crippen molar-refractivity contribution in [2.45, 2.75) is 12.5 Å². The minimum atomic E-state index is -0.727. The topological polar surface area (TPSA) is 76.4 Å². The number of carbonyl (C=O) groups excluding carboxylic acids is 1. The summed E-state index contributed by atoms with van der Waals surface area (Å²) in [5.41, 5.74) is 11.2. The summed E-state index contributed by atoms with van der Waals surface area (Å²) >= 11 is 0. The van der Waals surface area contributed by atoms with Crippen LogP contribution < -0.4 is 21.3 Å². The Morgan fingerprint density at radius 1 is 1.59 bits per heavy atom. The molecule has 17 heavy (non-hydrogen) atoms. The van der Waals surface area contributed by atoms with Crippen molar-refractivity contribution in [3.8, 4) is 5.75 Å². The summed E-state index contributed by atoms with van der Waals surface area (Å²) in [6.45, 7) is 0. The van der Waals surface area contributed by atoms with E-state index in [1.165, 1.54) is 19.2 Å². The quantitative estimate of drug-likeness (QED) is 0.632. The third kappa shape index (κ3) is 3.69. The molecule has 6 heteroatoms. The van der Waals surface area contributed by atoms with Crippen LogP contribution in [0.1, 0.15) is 5.56 Å². The van der Waals surface area contributed by atoms with Gasteiger partial charge >= 0.3 is 0 Å². The van der Waals surface area contributed by atoms with Gasteiger partial charge < -0.3 is 10.5 Å². The lowest BCUT2D eigenvalue weighted by atomic mass is 10.1. The molecule has 1 aromatic carbocycles. The molecule has 94 valence electrons. The van der Waals surface area contributed by atoms with Crippen LogP contribution in [0.25, 0.3) is 0 Å². The molecule has 0 saturated carbocycles. The lowest BCUT2D eigenvalue weighted by molar-refractivity contribution is -0.123. The van der Waals surface area contributed by atoms with Gasteiger partial charge in [-0.2, -0.15) is 0 Å². The predicted octanol–water partition coefficient (Wildman–Crippen LogP) is -0.0453. The van der Waals surface area contributed by atoms with Gasteiger partial charge in [-0.3, -0.25) is 10.2 Å². The number of ether oxygens (including phenoxy) is 1. The second kappa shape index (κ2) is 6.17. The molecular formula is C11H16FN3O2. The first-order valence-electron chi connectivity index (χ1n) is 5.13. The summed E-state index contributed by atoms with van der Waals surface area (Å²) in [4.78, 5) is 11.3. The van der Waals surface area contributed by atoms with Crippen LogP contribution in [0.2, 0.25) is 0 Å². The van der Waals surface area contributed by atoms with Crippen LogP contribution in [0.15, 0.2) is 18.2 Å². The molecule has 1 amide bonds. The van der Waals surface area contributed by atoms with E-state index in [4.69, 9.17) is 10.5 Å². The Bertz CT molecular complexity index is 398. The molecule has 0 heterocycles. The minimum Gasteiger partial charge on any atom is -0.494 e. The lowest BCUT2D eigenvalue weighted by Gasteiger charge is -2.12.